The van der Waals surface area contributed by atoms with Crippen LogP contribution < -0.4 is 0 Å². The van der Waals surface area contributed by atoms with Crippen molar-refractivity contribution in [3.8, 4) is 0 Å². The number of amides is 1. The fraction of sp³-hybridized carbons (Fsp3) is 0.318. The van der Waals surface area contributed by atoms with Crippen molar-refractivity contribution in [2.45, 2.75) is 19.4 Å². The summed E-state index contributed by atoms with van der Waals surface area (Å²) >= 11 is 6.10. The van der Waals surface area contributed by atoms with Crippen LogP contribution in [0.1, 0.15) is 24.0 Å². The number of likely N-dealkylation sites (tertiary alicyclic amines) is 1. The zero-order valence-electron chi connectivity index (χ0n) is 15.1. The molecule has 1 saturated heterocycles. The van der Waals surface area contributed by atoms with E-state index in [0.717, 1.165) is 37.1 Å². The number of hydrogen-bond donors (Lipinski definition) is 0. The smallest absolute Gasteiger partial charge is 0.246 e. The molecule has 0 bridgehead atoms. The first kappa shape index (κ1) is 19.6. The number of nitrogens with zero attached hydrogens (tertiary/aromatic N) is 1. The molecule has 142 valence electrons. The van der Waals surface area contributed by atoms with Crippen molar-refractivity contribution >= 4 is 23.6 Å². The van der Waals surface area contributed by atoms with Gasteiger partial charge in [0.1, 0.15) is 5.82 Å². The molecule has 0 spiro atoms. The summed E-state index contributed by atoms with van der Waals surface area (Å²) in [5.74, 6) is 0.224. The molecule has 0 unspecified atom stereocenters. The first-order valence-corrected chi connectivity index (χ1v) is 9.53. The molecule has 1 fully saturated rings. The van der Waals surface area contributed by atoms with Crippen molar-refractivity contribution in [1.29, 1.82) is 0 Å². The van der Waals surface area contributed by atoms with Crippen molar-refractivity contribution in [1.82, 2.24) is 4.90 Å². The lowest BCUT2D eigenvalue weighted by Gasteiger charge is -2.31. The normalized spacial score (nSPS) is 15.4. The van der Waals surface area contributed by atoms with Crippen LogP contribution in [0.2, 0.25) is 5.02 Å². The van der Waals surface area contributed by atoms with E-state index < -0.39 is 0 Å². The zero-order chi connectivity index (χ0) is 19.1. The van der Waals surface area contributed by atoms with Gasteiger partial charge >= 0.3 is 0 Å². The standard InChI is InChI=1S/C22H23ClFNO2/c23-21-4-2-1-3-19(21)7-10-22(26)25-13-11-18(12-14-25)16-27-15-17-5-8-20(24)9-6-17/h1-10,18H,11-16H2. The third-order valence-electron chi connectivity index (χ3n) is 4.77. The molecule has 1 aliphatic rings. The molecule has 5 heteroatoms. The van der Waals surface area contributed by atoms with Gasteiger partial charge in [0.25, 0.3) is 0 Å². The fourth-order valence-corrected chi connectivity index (χ4v) is 3.32. The second-order valence-corrected chi connectivity index (χ2v) is 7.17. The fourth-order valence-electron chi connectivity index (χ4n) is 3.12. The average Bonchev–Trinajstić information content (AvgIpc) is 2.69. The minimum absolute atomic E-state index is 0.0144. The van der Waals surface area contributed by atoms with Crippen LogP contribution >= 0.6 is 11.6 Å². The molecular formula is C22H23ClFNO2. The number of piperidine rings is 1. The molecule has 0 aromatic heterocycles. The monoisotopic (exact) mass is 387 g/mol. The van der Waals surface area contributed by atoms with Gasteiger partial charge in [0.2, 0.25) is 5.91 Å². The van der Waals surface area contributed by atoms with Crippen LogP contribution in [0.25, 0.3) is 6.08 Å². The summed E-state index contributed by atoms with van der Waals surface area (Å²) in [6, 6.07) is 13.8. The minimum atomic E-state index is -0.237. The highest BCUT2D eigenvalue weighted by Gasteiger charge is 2.21. The predicted molar refractivity (Wildman–Crippen MR) is 106 cm³/mol. The Morgan fingerprint density at radius 1 is 1.15 bits per heavy atom. The van der Waals surface area contributed by atoms with Gasteiger partial charge in [-0.15, -0.1) is 0 Å². The van der Waals surface area contributed by atoms with Gasteiger partial charge in [-0.1, -0.05) is 41.9 Å². The van der Waals surface area contributed by atoms with Gasteiger partial charge in [-0.05, 0) is 54.2 Å². The molecule has 2 aromatic carbocycles. The van der Waals surface area contributed by atoms with E-state index >= 15 is 0 Å². The van der Waals surface area contributed by atoms with E-state index in [4.69, 9.17) is 16.3 Å². The van der Waals surface area contributed by atoms with Gasteiger partial charge in [-0.3, -0.25) is 4.79 Å². The van der Waals surface area contributed by atoms with E-state index in [-0.39, 0.29) is 11.7 Å². The molecule has 1 aliphatic heterocycles. The summed E-state index contributed by atoms with van der Waals surface area (Å²) in [5.41, 5.74) is 1.81. The quantitative estimate of drug-likeness (QED) is 0.656. The molecule has 2 aromatic rings. The highest BCUT2D eigenvalue weighted by atomic mass is 35.5. The predicted octanol–water partition coefficient (Wildman–Crippen LogP) is 4.95. The van der Waals surface area contributed by atoms with Gasteiger partial charge in [0.15, 0.2) is 0 Å². The van der Waals surface area contributed by atoms with E-state index in [1.54, 1.807) is 24.3 Å². The Balaban J connectivity index is 1.40. The largest absolute Gasteiger partial charge is 0.376 e. The van der Waals surface area contributed by atoms with Crippen molar-refractivity contribution in [2.75, 3.05) is 19.7 Å². The van der Waals surface area contributed by atoms with E-state index in [9.17, 15) is 9.18 Å². The maximum atomic E-state index is 12.9. The average molecular weight is 388 g/mol. The highest BCUT2D eigenvalue weighted by molar-refractivity contribution is 6.32. The van der Waals surface area contributed by atoms with Gasteiger partial charge in [0.05, 0.1) is 6.61 Å². The van der Waals surface area contributed by atoms with E-state index in [2.05, 4.69) is 0 Å². The molecule has 3 rings (SSSR count). The first-order chi connectivity index (χ1) is 13.1. The van der Waals surface area contributed by atoms with E-state index in [0.29, 0.717) is 24.2 Å². The van der Waals surface area contributed by atoms with E-state index in [1.807, 2.05) is 29.2 Å². The van der Waals surface area contributed by atoms with Crippen LogP contribution in [0.3, 0.4) is 0 Å². The molecular weight excluding hydrogens is 365 g/mol. The Labute approximate surface area is 164 Å². The first-order valence-electron chi connectivity index (χ1n) is 9.15. The molecule has 0 aliphatic carbocycles. The summed E-state index contributed by atoms with van der Waals surface area (Å²) in [4.78, 5) is 14.2. The lowest BCUT2D eigenvalue weighted by molar-refractivity contribution is -0.127. The number of benzene rings is 2. The third-order valence-corrected chi connectivity index (χ3v) is 5.12. The van der Waals surface area contributed by atoms with Gasteiger partial charge < -0.3 is 9.64 Å². The molecule has 0 radical (unpaired) electrons. The summed E-state index contributed by atoms with van der Waals surface area (Å²) < 4.78 is 18.6. The SMILES string of the molecule is O=C(C=Cc1ccccc1Cl)N1CCC(COCc2ccc(F)cc2)CC1. The number of halogens is 2. The number of carbonyl (C=O) groups excluding carboxylic acids is 1. The number of ether oxygens (including phenoxy) is 1. The molecule has 1 amide bonds. The summed E-state index contributed by atoms with van der Waals surface area (Å²) in [5, 5.41) is 0.638. The zero-order valence-corrected chi connectivity index (χ0v) is 15.9. The Hall–Kier alpha value is -2.17. The lowest BCUT2D eigenvalue weighted by atomic mass is 9.97. The second kappa shape index (κ2) is 9.67. The Morgan fingerprint density at radius 3 is 2.56 bits per heavy atom. The molecule has 0 atom stereocenters. The van der Waals surface area contributed by atoms with Gasteiger partial charge in [0, 0.05) is 30.8 Å². The van der Waals surface area contributed by atoms with Gasteiger partial charge in [-0.2, -0.15) is 0 Å². The Morgan fingerprint density at radius 2 is 1.85 bits per heavy atom. The number of rotatable bonds is 6. The number of hydrogen-bond acceptors (Lipinski definition) is 2. The minimum Gasteiger partial charge on any atom is -0.376 e. The number of carbonyl (C=O) groups is 1. The highest BCUT2D eigenvalue weighted by Crippen LogP contribution is 2.20. The maximum absolute atomic E-state index is 12.9. The van der Waals surface area contributed by atoms with Crippen LogP contribution in [0.4, 0.5) is 4.39 Å². The summed E-state index contributed by atoms with van der Waals surface area (Å²) in [7, 11) is 0. The van der Waals surface area contributed by atoms with Crippen molar-refractivity contribution < 1.29 is 13.9 Å². The van der Waals surface area contributed by atoms with E-state index in [1.165, 1.54) is 12.1 Å². The molecule has 0 N–H and O–H groups in total. The third kappa shape index (κ3) is 5.91. The lowest BCUT2D eigenvalue weighted by Crippen LogP contribution is -2.38. The Kier molecular flexibility index (Phi) is 7.02. The van der Waals surface area contributed by atoms with Crippen LogP contribution in [-0.4, -0.2) is 30.5 Å². The van der Waals surface area contributed by atoms with Gasteiger partial charge in [-0.25, -0.2) is 4.39 Å². The molecule has 1 heterocycles. The van der Waals surface area contributed by atoms with Crippen LogP contribution in [0.5, 0.6) is 0 Å². The van der Waals surface area contributed by atoms with Crippen LogP contribution in [0, 0.1) is 11.7 Å². The topological polar surface area (TPSA) is 29.5 Å². The van der Waals surface area contributed by atoms with Crippen LogP contribution in [-0.2, 0) is 16.1 Å². The maximum Gasteiger partial charge on any atom is 0.246 e. The van der Waals surface area contributed by atoms with Crippen molar-refractivity contribution in [2.24, 2.45) is 5.92 Å². The van der Waals surface area contributed by atoms with Crippen LogP contribution in [0.15, 0.2) is 54.6 Å². The summed E-state index contributed by atoms with van der Waals surface area (Å²) in [6.45, 7) is 2.61. The van der Waals surface area contributed by atoms with Crippen molar-refractivity contribution in [3.63, 3.8) is 0 Å². The summed E-state index contributed by atoms with van der Waals surface area (Å²) in [6.07, 6.45) is 5.21. The molecule has 3 nitrogen and oxygen atoms in total. The molecule has 27 heavy (non-hydrogen) atoms. The van der Waals surface area contributed by atoms with Crippen molar-refractivity contribution in [3.05, 3.63) is 76.6 Å². The molecule has 0 saturated carbocycles. The second-order valence-electron chi connectivity index (χ2n) is 6.77. The Bertz CT molecular complexity index is 783.